The summed E-state index contributed by atoms with van der Waals surface area (Å²) in [5.41, 5.74) is 0.956. The van der Waals surface area contributed by atoms with Crippen LogP contribution in [0.2, 0.25) is 0 Å². The Labute approximate surface area is 111 Å². The van der Waals surface area contributed by atoms with E-state index in [1.807, 2.05) is 12.1 Å². The SMILES string of the molecule is CC(C)CNCCC(C)(C)Cc1ccccc1F. The van der Waals surface area contributed by atoms with Gasteiger partial charge in [0.05, 0.1) is 0 Å². The van der Waals surface area contributed by atoms with Crippen LogP contribution in [-0.2, 0) is 6.42 Å². The van der Waals surface area contributed by atoms with E-state index in [4.69, 9.17) is 0 Å². The van der Waals surface area contributed by atoms with Crippen LogP contribution in [0.15, 0.2) is 24.3 Å². The molecule has 0 radical (unpaired) electrons. The van der Waals surface area contributed by atoms with E-state index in [1.165, 1.54) is 0 Å². The van der Waals surface area contributed by atoms with Crippen LogP contribution in [0.5, 0.6) is 0 Å². The lowest BCUT2D eigenvalue weighted by molar-refractivity contribution is 0.318. The minimum absolute atomic E-state index is 0.0827. The topological polar surface area (TPSA) is 12.0 Å². The maximum Gasteiger partial charge on any atom is 0.126 e. The lowest BCUT2D eigenvalue weighted by Gasteiger charge is -2.25. The number of hydrogen-bond acceptors (Lipinski definition) is 1. The van der Waals surface area contributed by atoms with Crippen LogP contribution in [-0.4, -0.2) is 13.1 Å². The van der Waals surface area contributed by atoms with Gasteiger partial charge in [-0.1, -0.05) is 45.9 Å². The van der Waals surface area contributed by atoms with Gasteiger partial charge in [-0.15, -0.1) is 0 Å². The highest BCUT2D eigenvalue weighted by atomic mass is 19.1. The quantitative estimate of drug-likeness (QED) is 0.721. The Morgan fingerprint density at radius 1 is 1.22 bits per heavy atom. The molecule has 1 nitrogen and oxygen atoms in total. The third-order valence-corrected chi connectivity index (χ3v) is 3.16. The summed E-state index contributed by atoms with van der Waals surface area (Å²) in [6.45, 7) is 10.9. The molecule has 1 rings (SSSR count). The van der Waals surface area contributed by atoms with Gasteiger partial charge in [0.2, 0.25) is 0 Å². The van der Waals surface area contributed by atoms with Crippen LogP contribution < -0.4 is 5.32 Å². The molecule has 2 heteroatoms. The normalized spacial score (nSPS) is 12.1. The van der Waals surface area contributed by atoms with Crippen molar-refractivity contribution < 1.29 is 4.39 Å². The van der Waals surface area contributed by atoms with Gasteiger partial charge in [-0.25, -0.2) is 4.39 Å². The van der Waals surface area contributed by atoms with Crippen molar-refractivity contribution >= 4 is 0 Å². The summed E-state index contributed by atoms with van der Waals surface area (Å²) in [6.07, 6.45) is 1.86. The highest BCUT2D eigenvalue weighted by Crippen LogP contribution is 2.26. The van der Waals surface area contributed by atoms with Crippen LogP contribution >= 0.6 is 0 Å². The standard InChI is InChI=1S/C16H26FN/c1-13(2)12-18-10-9-16(3,4)11-14-7-5-6-8-15(14)17/h5-8,13,18H,9-12H2,1-4H3. The highest BCUT2D eigenvalue weighted by molar-refractivity contribution is 5.18. The monoisotopic (exact) mass is 251 g/mol. The van der Waals surface area contributed by atoms with Crippen molar-refractivity contribution in [3.63, 3.8) is 0 Å². The van der Waals surface area contributed by atoms with E-state index in [-0.39, 0.29) is 11.2 Å². The summed E-state index contributed by atoms with van der Waals surface area (Å²) in [7, 11) is 0. The van der Waals surface area contributed by atoms with E-state index in [2.05, 4.69) is 33.0 Å². The average Bonchev–Trinajstić information content (AvgIpc) is 2.27. The molecule has 0 amide bonds. The molecule has 0 aliphatic rings. The summed E-state index contributed by atoms with van der Waals surface area (Å²) < 4.78 is 13.6. The Morgan fingerprint density at radius 3 is 2.50 bits per heavy atom. The zero-order valence-corrected chi connectivity index (χ0v) is 12.1. The fourth-order valence-corrected chi connectivity index (χ4v) is 2.06. The molecule has 0 saturated carbocycles. The van der Waals surface area contributed by atoms with E-state index < -0.39 is 0 Å². The van der Waals surface area contributed by atoms with Gasteiger partial charge >= 0.3 is 0 Å². The lowest BCUT2D eigenvalue weighted by Crippen LogP contribution is -2.26. The predicted molar refractivity (Wildman–Crippen MR) is 76.2 cm³/mol. The van der Waals surface area contributed by atoms with Gasteiger partial charge < -0.3 is 5.32 Å². The largest absolute Gasteiger partial charge is 0.316 e. The Balaban J connectivity index is 2.42. The zero-order valence-electron chi connectivity index (χ0n) is 12.1. The molecule has 0 saturated heterocycles. The molecule has 0 unspecified atom stereocenters. The first kappa shape index (κ1) is 15.2. The van der Waals surface area contributed by atoms with Crippen molar-refractivity contribution in [1.82, 2.24) is 5.32 Å². The first-order valence-corrected chi connectivity index (χ1v) is 6.85. The second-order valence-electron chi connectivity index (χ2n) is 6.28. The fraction of sp³-hybridized carbons (Fsp3) is 0.625. The van der Waals surface area contributed by atoms with Crippen LogP contribution in [0.3, 0.4) is 0 Å². The first-order chi connectivity index (χ1) is 8.41. The molecule has 0 heterocycles. The molecule has 102 valence electrons. The van der Waals surface area contributed by atoms with Gasteiger partial charge in [-0.2, -0.15) is 0 Å². The molecule has 1 aromatic rings. The number of benzene rings is 1. The van der Waals surface area contributed by atoms with Crippen molar-refractivity contribution in [1.29, 1.82) is 0 Å². The molecule has 0 aliphatic heterocycles. The van der Waals surface area contributed by atoms with E-state index in [0.717, 1.165) is 31.5 Å². The van der Waals surface area contributed by atoms with E-state index in [1.54, 1.807) is 12.1 Å². The van der Waals surface area contributed by atoms with E-state index >= 15 is 0 Å². The van der Waals surface area contributed by atoms with E-state index in [0.29, 0.717) is 5.92 Å². The second-order valence-corrected chi connectivity index (χ2v) is 6.28. The molecular weight excluding hydrogens is 225 g/mol. The van der Waals surface area contributed by atoms with Crippen LogP contribution in [0.25, 0.3) is 0 Å². The first-order valence-electron chi connectivity index (χ1n) is 6.85. The summed E-state index contributed by atoms with van der Waals surface area (Å²) in [5.74, 6) is 0.598. The number of hydrogen-bond donors (Lipinski definition) is 1. The zero-order chi connectivity index (χ0) is 13.6. The molecule has 0 fully saturated rings. The molecule has 0 spiro atoms. The van der Waals surface area contributed by atoms with Crippen LogP contribution in [0, 0.1) is 17.2 Å². The van der Waals surface area contributed by atoms with Crippen LogP contribution in [0.4, 0.5) is 4.39 Å². The van der Waals surface area contributed by atoms with Crippen molar-refractivity contribution in [3.05, 3.63) is 35.6 Å². The van der Waals surface area contributed by atoms with Gasteiger partial charge in [-0.05, 0) is 48.9 Å². The number of rotatable bonds is 7. The highest BCUT2D eigenvalue weighted by Gasteiger charge is 2.19. The maximum atomic E-state index is 13.6. The predicted octanol–water partition coefficient (Wildman–Crippen LogP) is 4.03. The molecule has 0 aliphatic carbocycles. The van der Waals surface area contributed by atoms with Crippen molar-refractivity contribution in [2.75, 3.05) is 13.1 Å². The summed E-state index contributed by atoms with van der Waals surface area (Å²) >= 11 is 0. The molecule has 1 aromatic carbocycles. The average molecular weight is 251 g/mol. The minimum atomic E-state index is -0.0827. The van der Waals surface area contributed by atoms with Gasteiger partial charge in [0.1, 0.15) is 5.82 Å². The minimum Gasteiger partial charge on any atom is -0.316 e. The Kier molecular flexibility index (Phi) is 5.80. The molecule has 0 atom stereocenters. The molecule has 0 aromatic heterocycles. The molecular formula is C16H26FN. The van der Waals surface area contributed by atoms with Gasteiger partial charge in [0, 0.05) is 0 Å². The van der Waals surface area contributed by atoms with Crippen molar-refractivity contribution in [3.8, 4) is 0 Å². The number of nitrogens with one attached hydrogen (secondary N) is 1. The maximum absolute atomic E-state index is 13.6. The molecule has 0 bridgehead atoms. The van der Waals surface area contributed by atoms with Crippen molar-refractivity contribution in [2.45, 2.75) is 40.5 Å². The molecule has 18 heavy (non-hydrogen) atoms. The third kappa shape index (κ3) is 5.63. The molecule has 1 N–H and O–H groups in total. The Hall–Kier alpha value is -0.890. The summed E-state index contributed by atoms with van der Waals surface area (Å²) in [4.78, 5) is 0. The number of halogens is 1. The van der Waals surface area contributed by atoms with E-state index in [9.17, 15) is 4.39 Å². The van der Waals surface area contributed by atoms with Crippen molar-refractivity contribution in [2.24, 2.45) is 11.3 Å². The summed E-state index contributed by atoms with van der Waals surface area (Å²) in [6, 6.07) is 7.09. The Morgan fingerprint density at radius 2 is 1.89 bits per heavy atom. The van der Waals surface area contributed by atoms with Gasteiger partial charge in [-0.3, -0.25) is 0 Å². The summed E-state index contributed by atoms with van der Waals surface area (Å²) in [5, 5.41) is 3.45. The fourth-order valence-electron chi connectivity index (χ4n) is 2.06. The van der Waals surface area contributed by atoms with Gasteiger partial charge in [0.25, 0.3) is 0 Å². The Bertz CT molecular complexity index is 358. The lowest BCUT2D eigenvalue weighted by atomic mass is 9.82. The smallest absolute Gasteiger partial charge is 0.126 e. The third-order valence-electron chi connectivity index (χ3n) is 3.16. The second kappa shape index (κ2) is 6.89. The van der Waals surface area contributed by atoms with Gasteiger partial charge in [0.15, 0.2) is 0 Å². The van der Waals surface area contributed by atoms with Crippen LogP contribution in [0.1, 0.15) is 39.7 Å².